The average molecular weight is 358 g/mol. The molecule has 106 valence electrons. The maximum atomic E-state index is 13.9. The Morgan fingerprint density at radius 3 is 2.65 bits per heavy atom. The number of halogens is 3. The van der Waals surface area contributed by atoms with Crippen LogP contribution in [-0.2, 0) is 6.42 Å². The van der Waals surface area contributed by atoms with E-state index in [0.29, 0.717) is 17.0 Å². The largest absolute Gasteiger partial charge is 0.271 e. The van der Waals surface area contributed by atoms with E-state index in [4.69, 9.17) is 17.4 Å². The fourth-order valence-corrected chi connectivity index (χ4v) is 2.93. The van der Waals surface area contributed by atoms with Crippen LogP contribution in [0, 0.1) is 12.7 Å². The van der Waals surface area contributed by atoms with Crippen LogP contribution < -0.4 is 11.3 Å². The van der Waals surface area contributed by atoms with E-state index in [9.17, 15) is 4.39 Å². The second-order valence-electron chi connectivity index (χ2n) is 4.72. The molecule has 0 aliphatic heterocycles. The monoisotopic (exact) mass is 356 g/mol. The van der Waals surface area contributed by atoms with E-state index in [-0.39, 0.29) is 11.9 Å². The third-order valence-electron chi connectivity index (χ3n) is 3.11. The van der Waals surface area contributed by atoms with Crippen molar-refractivity contribution in [3.8, 4) is 0 Å². The summed E-state index contributed by atoms with van der Waals surface area (Å²) in [6.45, 7) is 2.00. The molecule has 2 aromatic carbocycles. The Kier molecular flexibility index (Phi) is 5.16. The van der Waals surface area contributed by atoms with Crippen LogP contribution >= 0.6 is 27.5 Å². The molecule has 2 aromatic rings. The lowest BCUT2D eigenvalue weighted by molar-refractivity contribution is 0.529. The second kappa shape index (κ2) is 6.68. The normalized spacial score (nSPS) is 12.4. The highest BCUT2D eigenvalue weighted by Gasteiger charge is 2.14. The number of rotatable bonds is 4. The molecule has 20 heavy (non-hydrogen) atoms. The predicted molar refractivity (Wildman–Crippen MR) is 84.1 cm³/mol. The number of aryl methyl sites for hydroxylation is 1. The minimum absolute atomic E-state index is 0.165. The van der Waals surface area contributed by atoms with Crippen LogP contribution in [0.2, 0.25) is 5.02 Å². The highest BCUT2D eigenvalue weighted by molar-refractivity contribution is 9.10. The molecule has 0 spiro atoms. The average Bonchev–Trinajstić information content (AvgIpc) is 2.36. The molecule has 0 aliphatic rings. The molecule has 0 fully saturated rings. The van der Waals surface area contributed by atoms with Crippen LogP contribution in [0.4, 0.5) is 4.39 Å². The summed E-state index contributed by atoms with van der Waals surface area (Å²) in [4.78, 5) is 0. The van der Waals surface area contributed by atoms with Gasteiger partial charge in [-0.05, 0) is 54.3 Å². The van der Waals surface area contributed by atoms with Crippen LogP contribution in [-0.4, -0.2) is 0 Å². The second-order valence-corrected chi connectivity index (χ2v) is 6.07. The predicted octanol–water partition coefficient (Wildman–Crippen LogP) is 4.30. The SMILES string of the molecule is Cc1cc(Br)cc(C(Cc2ccc(Cl)cc2F)NN)c1. The number of hydrazine groups is 1. The third-order valence-corrected chi connectivity index (χ3v) is 3.80. The minimum Gasteiger partial charge on any atom is -0.271 e. The van der Waals surface area contributed by atoms with Gasteiger partial charge in [-0.25, -0.2) is 4.39 Å². The van der Waals surface area contributed by atoms with Gasteiger partial charge in [0.05, 0.1) is 6.04 Å². The van der Waals surface area contributed by atoms with Crippen LogP contribution in [0.1, 0.15) is 22.7 Å². The van der Waals surface area contributed by atoms with Crippen molar-refractivity contribution in [3.05, 3.63) is 68.4 Å². The van der Waals surface area contributed by atoms with E-state index in [1.165, 1.54) is 6.07 Å². The lowest BCUT2D eigenvalue weighted by Crippen LogP contribution is -2.29. The minimum atomic E-state index is -0.315. The van der Waals surface area contributed by atoms with E-state index < -0.39 is 0 Å². The molecule has 2 nitrogen and oxygen atoms in total. The van der Waals surface area contributed by atoms with Crippen LogP contribution in [0.3, 0.4) is 0 Å². The first-order valence-corrected chi connectivity index (χ1v) is 7.34. The molecule has 0 aliphatic carbocycles. The molecule has 0 aromatic heterocycles. The number of nitrogens with one attached hydrogen (secondary N) is 1. The summed E-state index contributed by atoms with van der Waals surface area (Å²) in [5.41, 5.74) is 5.45. The Morgan fingerprint density at radius 2 is 2.05 bits per heavy atom. The van der Waals surface area contributed by atoms with Gasteiger partial charge in [-0.1, -0.05) is 39.7 Å². The van der Waals surface area contributed by atoms with Gasteiger partial charge in [0.25, 0.3) is 0 Å². The highest BCUT2D eigenvalue weighted by atomic mass is 79.9. The van der Waals surface area contributed by atoms with Crippen LogP contribution in [0.25, 0.3) is 0 Å². The number of hydrogen-bond donors (Lipinski definition) is 2. The first kappa shape index (κ1) is 15.4. The summed E-state index contributed by atoms with van der Waals surface area (Å²) >= 11 is 9.22. The Labute approximate surface area is 131 Å². The molecular weight excluding hydrogens is 343 g/mol. The molecule has 1 unspecified atom stereocenters. The van der Waals surface area contributed by atoms with Crippen molar-refractivity contribution in [2.75, 3.05) is 0 Å². The molecule has 2 rings (SSSR count). The standard InChI is InChI=1S/C15H15BrClFN2/c1-9-4-11(6-12(16)5-9)15(20-19)7-10-2-3-13(17)8-14(10)18/h2-6,8,15,20H,7,19H2,1H3. The summed E-state index contributed by atoms with van der Waals surface area (Å²) in [7, 11) is 0. The topological polar surface area (TPSA) is 38.0 Å². The zero-order valence-electron chi connectivity index (χ0n) is 11.0. The van der Waals surface area contributed by atoms with Gasteiger partial charge in [-0.3, -0.25) is 11.3 Å². The van der Waals surface area contributed by atoms with Crippen molar-refractivity contribution in [1.29, 1.82) is 0 Å². The Bertz CT molecular complexity index is 599. The molecular formula is C15H15BrClFN2. The van der Waals surface area contributed by atoms with Gasteiger partial charge in [0.2, 0.25) is 0 Å². The van der Waals surface area contributed by atoms with E-state index >= 15 is 0 Å². The fraction of sp³-hybridized carbons (Fsp3) is 0.200. The van der Waals surface area contributed by atoms with Gasteiger partial charge >= 0.3 is 0 Å². The summed E-state index contributed by atoms with van der Waals surface area (Å²) < 4.78 is 14.8. The van der Waals surface area contributed by atoms with Crippen molar-refractivity contribution >= 4 is 27.5 Å². The molecule has 3 N–H and O–H groups in total. The van der Waals surface area contributed by atoms with Gasteiger partial charge in [-0.15, -0.1) is 0 Å². The quantitative estimate of drug-likeness (QED) is 0.632. The lowest BCUT2D eigenvalue weighted by Gasteiger charge is -2.18. The molecule has 0 heterocycles. The summed E-state index contributed by atoms with van der Waals surface area (Å²) in [6, 6.07) is 10.5. The molecule has 0 amide bonds. The lowest BCUT2D eigenvalue weighted by atomic mass is 9.98. The Morgan fingerprint density at radius 1 is 1.30 bits per heavy atom. The Hall–Kier alpha value is -0.940. The number of hydrogen-bond acceptors (Lipinski definition) is 2. The number of nitrogens with two attached hydrogens (primary N) is 1. The molecule has 0 radical (unpaired) electrons. The fourth-order valence-electron chi connectivity index (χ4n) is 2.15. The van der Waals surface area contributed by atoms with Gasteiger partial charge in [-0.2, -0.15) is 0 Å². The van der Waals surface area contributed by atoms with Crippen molar-refractivity contribution in [2.24, 2.45) is 5.84 Å². The van der Waals surface area contributed by atoms with E-state index in [0.717, 1.165) is 15.6 Å². The first-order chi connectivity index (χ1) is 9.49. The summed E-state index contributed by atoms with van der Waals surface area (Å²) in [6.07, 6.45) is 0.454. The maximum Gasteiger partial charge on any atom is 0.127 e. The van der Waals surface area contributed by atoms with Crippen molar-refractivity contribution in [1.82, 2.24) is 5.43 Å². The molecule has 0 saturated heterocycles. The van der Waals surface area contributed by atoms with E-state index in [2.05, 4.69) is 21.4 Å². The van der Waals surface area contributed by atoms with E-state index in [1.54, 1.807) is 12.1 Å². The van der Waals surface area contributed by atoms with Crippen molar-refractivity contribution in [3.63, 3.8) is 0 Å². The molecule has 1 atom stereocenters. The summed E-state index contributed by atoms with van der Waals surface area (Å²) in [5.74, 6) is 5.30. The van der Waals surface area contributed by atoms with Gasteiger partial charge in [0, 0.05) is 9.50 Å². The zero-order valence-corrected chi connectivity index (χ0v) is 13.3. The van der Waals surface area contributed by atoms with Gasteiger partial charge in [0.15, 0.2) is 0 Å². The third kappa shape index (κ3) is 3.79. The number of benzene rings is 2. The zero-order chi connectivity index (χ0) is 14.7. The van der Waals surface area contributed by atoms with Gasteiger partial charge in [0.1, 0.15) is 5.82 Å². The van der Waals surface area contributed by atoms with Crippen molar-refractivity contribution < 1.29 is 4.39 Å². The summed E-state index contributed by atoms with van der Waals surface area (Å²) in [5, 5.41) is 0.391. The van der Waals surface area contributed by atoms with E-state index in [1.807, 2.05) is 25.1 Å². The Balaban J connectivity index is 2.28. The van der Waals surface area contributed by atoms with Crippen LogP contribution in [0.5, 0.6) is 0 Å². The van der Waals surface area contributed by atoms with Gasteiger partial charge < -0.3 is 0 Å². The molecule has 0 saturated carbocycles. The van der Waals surface area contributed by atoms with Crippen LogP contribution in [0.15, 0.2) is 40.9 Å². The van der Waals surface area contributed by atoms with Crippen molar-refractivity contribution in [2.45, 2.75) is 19.4 Å². The first-order valence-electron chi connectivity index (χ1n) is 6.16. The molecule has 0 bridgehead atoms. The smallest absolute Gasteiger partial charge is 0.127 e. The highest BCUT2D eigenvalue weighted by Crippen LogP contribution is 2.25. The maximum absolute atomic E-state index is 13.9. The molecule has 5 heteroatoms.